The summed E-state index contributed by atoms with van der Waals surface area (Å²) in [5, 5.41) is 16.6. The number of hydrogen-bond donors (Lipinski definition) is 3. The number of benzene rings is 2. The minimum absolute atomic E-state index is 0.210. The first kappa shape index (κ1) is 28.9. The second-order valence-corrected chi connectivity index (χ2v) is 12.1. The summed E-state index contributed by atoms with van der Waals surface area (Å²) in [7, 11) is -3.71. The lowest BCUT2D eigenvalue weighted by molar-refractivity contribution is 0.174. The van der Waals surface area contributed by atoms with Crippen molar-refractivity contribution in [1.29, 1.82) is 0 Å². The number of thiazole rings is 1. The Bertz CT molecular complexity index is 1390. The third-order valence-corrected chi connectivity index (χ3v) is 8.77. The molecule has 2 aromatic heterocycles. The van der Waals surface area contributed by atoms with Gasteiger partial charge in [0.2, 0.25) is 0 Å². The fourth-order valence-corrected chi connectivity index (χ4v) is 6.09. The molecule has 0 aliphatic carbocycles. The summed E-state index contributed by atoms with van der Waals surface area (Å²) in [5.41, 5.74) is 4.16. The van der Waals surface area contributed by atoms with Crippen LogP contribution in [0.15, 0.2) is 83.3 Å². The Balaban J connectivity index is 1.26. The number of nitrogens with zero attached hydrogens (tertiary/aromatic N) is 2. The Morgan fingerprint density at radius 1 is 0.974 bits per heavy atom. The summed E-state index contributed by atoms with van der Waals surface area (Å²) in [6.45, 7) is 3.33. The van der Waals surface area contributed by atoms with Gasteiger partial charge in [0.05, 0.1) is 21.7 Å². The number of rotatable bonds is 15. The number of aryl methyl sites for hydroxylation is 1. The number of sulfonamides is 1. The first-order valence-electron chi connectivity index (χ1n) is 13.4. The fourth-order valence-electron chi connectivity index (χ4n) is 4.18. The second-order valence-electron chi connectivity index (χ2n) is 9.52. The van der Waals surface area contributed by atoms with E-state index < -0.39 is 16.1 Å². The van der Waals surface area contributed by atoms with Gasteiger partial charge in [0.15, 0.2) is 0 Å². The van der Waals surface area contributed by atoms with Gasteiger partial charge in [0.1, 0.15) is 0 Å². The molecule has 0 saturated heterocycles. The average molecular weight is 565 g/mol. The molecule has 2 heterocycles. The standard InChI is InChI=1S/C30H36N4O3S2/c1-2-3-4-5-8-30-33-28(22-38-30)24-11-15-27(16-12-24)39(36,37)34-26-13-9-23(10-14-26)17-19-32-21-29(35)25-7-6-18-31-20-25/h6-7,9-16,18,20,22,29,32,34-35H,2-5,8,17,19,21H2,1H3. The Morgan fingerprint density at radius 3 is 2.49 bits per heavy atom. The number of aliphatic hydroxyl groups excluding tert-OH is 1. The summed E-state index contributed by atoms with van der Waals surface area (Å²) in [6, 6.07) is 17.9. The number of aromatic nitrogens is 2. The molecule has 0 spiro atoms. The van der Waals surface area contributed by atoms with Crippen LogP contribution < -0.4 is 10.0 Å². The molecule has 2 aromatic carbocycles. The van der Waals surface area contributed by atoms with Gasteiger partial charge in [-0.05, 0) is 61.7 Å². The summed E-state index contributed by atoms with van der Waals surface area (Å²) in [5.74, 6) is 0. The van der Waals surface area contributed by atoms with Crippen molar-refractivity contribution in [3.8, 4) is 11.3 Å². The smallest absolute Gasteiger partial charge is 0.261 e. The van der Waals surface area contributed by atoms with E-state index in [1.165, 1.54) is 19.3 Å². The molecule has 9 heteroatoms. The highest BCUT2D eigenvalue weighted by atomic mass is 32.2. The van der Waals surface area contributed by atoms with E-state index in [1.54, 1.807) is 54.1 Å². The minimum atomic E-state index is -3.71. The molecule has 3 N–H and O–H groups in total. The molecule has 1 atom stereocenters. The predicted molar refractivity (Wildman–Crippen MR) is 158 cm³/mol. The number of nitrogens with one attached hydrogen (secondary N) is 2. The van der Waals surface area contributed by atoms with E-state index in [0.29, 0.717) is 18.8 Å². The van der Waals surface area contributed by atoms with E-state index in [0.717, 1.165) is 46.7 Å². The van der Waals surface area contributed by atoms with Gasteiger partial charge >= 0.3 is 0 Å². The van der Waals surface area contributed by atoms with Crippen LogP contribution in [-0.4, -0.2) is 36.6 Å². The van der Waals surface area contributed by atoms with E-state index in [1.807, 2.05) is 35.7 Å². The molecule has 0 aliphatic rings. The van der Waals surface area contributed by atoms with Crippen LogP contribution in [0.5, 0.6) is 0 Å². The number of unbranched alkanes of at least 4 members (excludes halogenated alkanes) is 3. The van der Waals surface area contributed by atoms with Crippen molar-refractivity contribution in [3.05, 3.63) is 94.6 Å². The van der Waals surface area contributed by atoms with Gasteiger partial charge in [0, 0.05) is 41.1 Å². The molecule has 7 nitrogen and oxygen atoms in total. The zero-order chi connectivity index (χ0) is 27.5. The van der Waals surface area contributed by atoms with E-state index in [-0.39, 0.29) is 4.90 Å². The zero-order valence-electron chi connectivity index (χ0n) is 22.2. The fraction of sp³-hybridized carbons (Fsp3) is 0.333. The van der Waals surface area contributed by atoms with E-state index >= 15 is 0 Å². The molecule has 0 amide bonds. The van der Waals surface area contributed by atoms with Crippen LogP contribution in [0.1, 0.15) is 54.8 Å². The summed E-state index contributed by atoms with van der Waals surface area (Å²) in [6.07, 6.45) is 9.33. The van der Waals surface area contributed by atoms with Gasteiger partial charge in [-0.3, -0.25) is 9.71 Å². The Kier molecular flexibility index (Phi) is 10.6. The lowest BCUT2D eigenvalue weighted by Gasteiger charge is -2.12. The van der Waals surface area contributed by atoms with Gasteiger partial charge in [-0.1, -0.05) is 56.5 Å². The average Bonchev–Trinajstić information content (AvgIpc) is 3.44. The number of hydrogen-bond acceptors (Lipinski definition) is 7. The first-order valence-corrected chi connectivity index (χ1v) is 15.8. The lowest BCUT2D eigenvalue weighted by atomic mass is 10.1. The second kappa shape index (κ2) is 14.3. The summed E-state index contributed by atoms with van der Waals surface area (Å²) >= 11 is 1.66. The van der Waals surface area contributed by atoms with Crippen molar-refractivity contribution in [1.82, 2.24) is 15.3 Å². The predicted octanol–water partition coefficient (Wildman–Crippen LogP) is 5.99. The maximum absolute atomic E-state index is 12.9. The molecular weight excluding hydrogens is 528 g/mol. The molecule has 0 radical (unpaired) electrons. The molecule has 4 rings (SSSR count). The van der Waals surface area contributed by atoms with Gasteiger partial charge < -0.3 is 10.4 Å². The molecule has 206 valence electrons. The highest BCUT2D eigenvalue weighted by Gasteiger charge is 2.15. The Labute approximate surface area is 235 Å². The SMILES string of the molecule is CCCCCCc1nc(-c2ccc(S(=O)(=O)Nc3ccc(CCNCC(O)c4cccnc4)cc3)cc2)cs1. The van der Waals surface area contributed by atoms with E-state index in [2.05, 4.69) is 21.9 Å². The van der Waals surface area contributed by atoms with Crippen molar-refractivity contribution in [2.45, 2.75) is 56.4 Å². The third-order valence-electron chi connectivity index (χ3n) is 6.46. The van der Waals surface area contributed by atoms with Crippen molar-refractivity contribution >= 4 is 27.0 Å². The van der Waals surface area contributed by atoms with Gasteiger partial charge in [-0.25, -0.2) is 13.4 Å². The largest absolute Gasteiger partial charge is 0.387 e. The topological polar surface area (TPSA) is 104 Å². The normalized spacial score (nSPS) is 12.4. The number of anilines is 1. The van der Waals surface area contributed by atoms with Crippen LogP contribution >= 0.6 is 11.3 Å². The van der Waals surface area contributed by atoms with Crippen LogP contribution in [-0.2, 0) is 22.9 Å². The molecule has 0 bridgehead atoms. The van der Waals surface area contributed by atoms with Crippen molar-refractivity contribution in [2.24, 2.45) is 0 Å². The van der Waals surface area contributed by atoms with Crippen LogP contribution in [0, 0.1) is 0 Å². The monoisotopic (exact) mass is 564 g/mol. The molecular formula is C30H36N4O3S2. The van der Waals surface area contributed by atoms with Gasteiger partial charge in [-0.15, -0.1) is 11.3 Å². The van der Waals surface area contributed by atoms with Crippen molar-refractivity contribution in [2.75, 3.05) is 17.8 Å². The van der Waals surface area contributed by atoms with Crippen molar-refractivity contribution in [3.63, 3.8) is 0 Å². The van der Waals surface area contributed by atoms with E-state index in [9.17, 15) is 13.5 Å². The molecule has 0 fully saturated rings. The summed E-state index contributed by atoms with van der Waals surface area (Å²) in [4.78, 5) is 8.96. The minimum Gasteiger partial charge on any atom is -0.387 e. The van der Waals surface area contributed by atoms with E-state index in [4.69, 9.17) is 4.98 Å². The van der Waals surface area contributed by atoms with Crippen LogP contribution in [0.25, 0.3) is 11.3 Å². The number of aliphatic hydroxyl groups is 1. The van der Waals surface area contributed by atoms with Crippen LogP contribution in [0.2, 0.25) is 0 Å². The van der Waals surface area contributed by atoms with Gasteiger partial charge in [0.25, 0.3) is 10.0 Å². The maximum atomic E-state index is 12.9. The molecule has 0 saturated carbocycles. The molecule has 0 aliphatic heterocycles. The quantitative estimate of drug-likeness (QED) is 0.153. The lowest BCUT2D eigenvalue weighted by Crippen LogP contribution is -2.23. The van der Waals surface area contributed by atoms with Crippen LogP contribution in [0.4, 0.5) is 5.69 Å². The highest BCUT2D eigenvalue weighted by Crippen LogP contribution is 2.25. The highest BCUT2D eigenvalue weighted by molar-refractivity contribution is 7.92. The molecule has 39 heavy (non-hydrogen) atoms. The Hall–Kier alpha value is -3.11. The van der Waals surface area contributed by atoms with Crippen LogP contribution in [0.3, 0.4) is 0 Å². The zero-order valence-corrected chi connectivity index (χ0v) is 23.8. The third kappa shape index (κ3) is 8.69. The van der Waals surface area contributed by atoms with Gasteiger partial charge in [-0.2, -0.15) is 0 Å². The molecule has 4 aromatic rings. The number of pyridine rings is 1. The van der Waals surface area contributed by atoms with Crippen molar-refractivity contribution < 1.29 is 13.5 Å². The Morgan fingerprint density at radius 2 is 1.77 bits per heavy atom. The first-order chi connectivity index (χ1) is 18.9. The summed E-state index contributed by atoms with van der Waals surface area (Å²) < 4.78 is 28.5. The molecule has 1 unspecified atom stereocenters. The maximum Gasteiger partial charge on any atom is 0.261 e.